The number of carbonyl (C=O) groups excluding carboxylic acids is 1. The van der Waals surface area contributed by atoms with E-state index in [-0.39, 0.29) is 23.5 Å². The topological polar surface area (TPSA) is 47.6 Å². The molecule has 1 aliphatic rings. The van der Waals surface area contributed by atoms with Crippen molar-refractivity contribution in [2.45, 2.75) is 18.7 Å². The van der Waals surface area contributed by atoms with E-state index in [2.05, 4.69) is 5.32 Å². The molecule has 0 spiro atoms. The molecule has 0 bridgehead atoms. The minimum Gasteiger partial charge on any atom is -0.486 e. The van der Waals surface area contributed by atoms with Gasteiger partial charge in [0.15, 0.2) is 11.5 Å². The maximum Gasteiger partial charge on any atom is 0.230 e. The smallest absolute Gasteiger partial charge is 0.230 e. The Morgan fingerprint density at radius 3 is 2.81 bits per heavy atom. The largest absolute Gasteiger partial charge is 0.486 e. The summed E-state index contributed by atoms with van der Waals surface area (Å²) < 4.78 is 24.8. The maximum absolute atomic E-state index is 13.7. The first-order valence-electron chi connectivity index (χ1n) is 8.24. The highest BCUT2D eigenvalue weighted by atomic mass is 35.5. The molecule has 7 heteroatoms. The second kappa shape index (κ2) is 8.64. The number of hydrogen-bond donors (Lipinski definition) is 1. The summed E-state index contributed by atoms with van der Waals surface area (Å²) >= 11 is 7.31. The molecule has 1 N–H and O–H groups in total. The number of rotatable bonds is 6. The highest BCUT2D eigenvalue weighted by Gasteiger charge is 2.16. The van der Waals surface area contributed by atoms with Gasteiger partial charge in [-0.3, -0.25) is 4.79 Å². The van der Waals surface area contributed by atoms with Crippen LogP contribution in [0.5, 0.6) is 11.5 Å². The molecule has 0 saturated carbocycles. The number of hydrogen-bond acceptors (Lipinski definition) is 4. The lowest BCUT2D eigenvalue weighted by Crippen LogP contribution is -2.28. The quantitative estimate of drug-likeness (QED) is 0.789. The first-order chi connectivity index (χ1) is 12.5. The van der Waals surface area contributed by atoms with Crippen molar-refractivity contribution in [1.82, 2.24) is 5.32 Å². The standard InChI is InChI=1S/C19H19ClFNO3S/c1-12(13-5-6-17-18(9-13)25-8-7-24-17)22-19(23)11-26-10-14-15(20)3-2-4-16(14)21/h2-6,9,12H,7-8,10-11H2,1H3,(H,22,23)/t12-/m0/s1. The first kappa shape index (κ1) is 18.9. The van der Waals surface area contributed by atoms with Crippen molar-refractivity contribution in [3.8, 4) is 11.5 Å². The van der Waals surface area contributed by atoms with E-state index >= 15 is 0 Å². The Kier molecular flexibility index (Phi) is 6.27. The molecule has 1 heterocycles. The summed E-state index contributed by atoms with van der Waals surface area (Å²) in [6, 6.07) is 10.0. The fraction of sp³-hybridized carbons (Fsp3) is 0.316. The molecular weight excluding hydrogens is 377 g/mol. The molecule has 1 aliphatic heterocycles. The summed E-state index contributed by atoms with van der Waals surface area (Å²) in [4.78, 5) is 12.2. The first-order valence-corrected chi connectivity index (χ1v) is 9.77. The van der Waals surface area contributed by atoms with Crippen LogP contribution in [0.1, 0.15) is 24.1 Å². The Labute approximate surface area is 161 Å². The van der Waals surface area contributed by atoms with Crippen LogP contribution in [0.3, 0.4) is 0 Å². The molecule has 26 heavy (non-hydrogen) atoms. The van der Waals surface area contributed by atoms with Gasteiger partial charge in [-0.1, -0.05) is 23.7 Å². The number of benzene rings is 2. The van der Waals surface area contributed by atoms with Gasteiger partial charge in [-0.2, -0.15) is 0 Å². The summed E-state index contributed by atoms with van der Waals surface area (Å²) in [5.41, 5.74) is 1.36. The lowest BCUT2D eigenvalue weighted by molar-refractivity contribution is -0.119. The average Bonchev–Trinajstić information content (AvgIpc) is 2.63. The second-order valence-corrected chi connectivity index (χ2v) is 7.28. The Balaban J connectivity index is 1.51. The second-order valence-electron chi connectivity index (χ2n) is 5.89. The number of thioether (sulfide) groups is 1. The van der Waals surface area contributed by atoms with Gasteiger partial charge in [-0.05, 0) is 36.8 Å². The predicted molar refractivity (Wildman–Crippen MR) is 102 cm³/mol. The van der Waals surface area contributed by atoms with Gasteiger partial charge in [0.25, 0.3) is 0 Å². The SMILES string of the molecule is C[C@H](NC(=O)CSCc1c(F)cccc1Cl)c1ccc2c(c1)OCCO2. The number of ether oxygens (including phenoxy) is 2. The molecule has 0 aliphatic carbocycles. The van der Waals surface area contributed by atoms with Crippen LogP contribution >= 0.6 is 23.4 Å². The summed E-state index contributed by atoms with van der Waals surface area (Å²) in [5.74, 6) is 1.51. The van der Waals surface area contributed by atoms with Gasteiger partial charge >= 0.3 is 0 Å². The van der Waals surface area contributed by atoms with Crippen molar-refractivity contribution < 1.29 is 18.7 Å². The molecule has 4 nitrogen and oxygen atoms in total. The number of halogens is 2. The van der Waals surface area contributed by atoms with E-state index < -0.39 is 0 Å². The highest BCUT2D eigenvalue weighted by molar-refractivity contribution is 7.99. The molecule has 2 aromatic rings. The van der Waals surface area contributed by atoms with Crippen LogP contribution in [-0.2, 0) is 10.5 Å². The minimum atomic E-state index is -0.352. The fourth-order valence-electron chi connectivity index (χ4n) is 2.61. The molecular formula is C19H19ClFNO3S. The van der Waals surface area contributed by atoms with Crippen molar-refractivity contribution in [3.63, 3.8) is 0 Å². The molecule has 2 aromatic carbocycles. The van der Waals surface area contributed by atoms with Crippen molar-refractivity contribution in [2.75, 3.05) is 19.0 Å². The van der Waals surface area contributed by atoms with Crippen LogP contribution in [0.4, 0.5) is 4.39 Å². The molecule has 0 unspecified atom stereocenters. The number of amides is 1. The average molecular weight is 396 g/mol. The minimum absolute atomic E-state index is 0.121. The fourth-order valence-corrected chi connectivity index (χ4v) is 3.79. The Bertz CT molecular complexity index is 782. The van der Waals surface area contributed by atoms with Gasteiger partial charge in [0.1, 0.15) is 19.0 Å². The molecule has 1 amide bonds. The van der Waals surface area contributed by atoms with Crippen LogP contribution in [0.15, 0.2) is 36.4 Å². The monoisotopic (exact) mass is 395 g/mol. The van der Waals surface area contributed by atoms with Gasteiger partial charge in [0, 0.05) is 16.3 Å². The van der Waals surface area contributed by atoms with Crippen molar-refractivity contribution in [3.05, 3.63) is 58.4 Å². The Morgan fingerprint density at radius 1 is 1.27 bits per heavy atom. The normalized spacial score (nSPS) is 14.0. The van der Waals surface area contributed by atoms with Gasteiger partial charge in [-0.15, -0.1) is 11.8 Å². The van der Waals surface area contributed by atoms with Crippen LogP contribution in [0.2, 0.25) is 5.02 Å². The third-order valence-corrected chi connectivity index (χ3v) is 5.30. The molecule has 138 valence electrons. The molecule has 3 rings (SSSR count). The zero-order valence-corrected chi connectivity index (χ0v) is 15.8. The van der Waals surface area contributed by atoms with Crippen molar-refractivity contribution in [1.29, 1.82) is 0 Å². The summed E-state index contributed by atoms with van der Waals surface area (Å²) in [7, 11) is 0. The zero-order valence-electron chi connectivity index (χ0n) is 14.3. The maximum atomic E-state index is 13.7. The number of carbonyl (C=O) groups is 1. The number of fused-ring (bicyclic) bond motifs is 1. The molecule has 0 fully saturated rings. The van der Waals surface area contributed by atoms with E-state index in [0.29, 0.717) is 35.3 Å². The number of nitrogens with one attached hydrogen (secondary N) is 1. The molecule has 1 atom stereocenters. The zero-order chi connectivity index (χ0) is 18.5. The van der Waals surface area contributed by atoms with Gasteiger partial charge < -0.3 is 14.8 Å². The Hall–Kier alpha value is -1.92. The Morgan fingerprint density at radius 2 is 2.04 bits per heavy atom. The lowest BCUT2D eigenvalue weighted by Gasteiger charge is -2.21. The van der Waals surface area contributed by atoms with Gasteiger partial charge in [-0.25, -0.2) is 4.39 Å². The van der Waals surface area contributed by atoms with Gasteiger partial charge in [0.2, 0.25) is 5.91 Å². The highest BCUT2D eigenvalue weighted by Crippen LogP contribution is 2.32. The van der Waals surface area contributed by atoms with Crippen LogP contribution in [0, 0.1) is 5.82 Å². The van der Waals surface area contributed by atoms with Crippen LogP contribution < -0.4 is 14.8 Å². The van der Waals surface area contributed by atoms with Gasteiger partial charge in [0.05, 0.1) is 11.8 Å². The van der Waals surface area contributed by atoms with E-state index in [1.54, 1.807) is 12.1 Å². The third kappa shape index (κ3) is 4.62. The van der Waals surface area contributed by atoms with E-state index in [1.807, 2.05) is 25.1 Å². The van der Waals surface area contributed by atoms with Crippen LogP contribution in [-0.4, -0.2) is 24.9 Å². The molecule has 0 radical (unpaired) electrons. The van der Waals surface area contributed by atoms with Crippen LogP contribution in [0.25, 0.3) is 0 Å². The van der Waals surface area contributed by atoms with Crippen molar-refractivity contribution in [2.24, 2.45) is 0 Å². The third-order valence-electron chi connectivity index (χ3n) is 3.98. The van der Waals surface area contributed by atoms with E-state index in [0.717, 1.165) is 11.3 Å². The molecule has 0 saturated heterocycles. The molecule has 0 aromatic heterocycles. The summed E-state index contributed by atoms with van der Waals surface area (Å²) in [6.07, 6.45) is 0. The summed E-state index contributed by atoms with van der Waals surface area (Å²) in [5, 5.41) is 3.31. The predicted octanol–water partition coefficient (Wildman–Crippen LogP) is 4.36. The summed E-state index contributed by atoms with van der Waals surface area (Å²) in [6.45, 7) is 2.97. The van der Waals surface area contributed by atoms with E-state index in [1.165, 1.54) is 17.8 Å². The van der Waals surface area contributed by atoms with Crippen molar-refractivity contribution >= 4 is 29.3 Å². The van der Waals surface area contributed by atoms with E-state index in [4.69, 9.17) is 21.1 Å². The lowest BCUT2D eigenvalue weighted by atomic mass is 10.1. The van der Waals surface area contributed by atoms with E-state index in [9.17, 15) is 9.18 Å².